The van der Waals surface area contributed by atoms with Gasteiger partial charge in [-0.3, -0.25) is 4.98 Å². The maximum absolute atomic E-state index is 5.91. The summed E-state index contributed by atoms with van der Waals surface area (Å²) in [4.78, 5) is 4.33. The molecular weight excluding hydrogens is 268 g/mol. The average Bonchev–Trinajstić information content (AvgIpc) is 2.48. The van der Waals surface area contributed by atoms with E-state index in [0.29, 0.717) is 0 Å². The molecule has 0 saturated heterocycles. The highest BCUT2D eigenvalue weighted by atomic mass is 35.5. The van der Waals surface area contributed by atoms with Crippen molar-refractivity contribution in [3.05, 3.63) is 71.4 Å². The lowest BCUT2D eigenvalue weighted by atomic mass is 10.1. The summed E-state index contributed by atoms with van der Waals surface area (Å²) in [6, 6.07) is 18.4. The van der Waals surface area contributed by atoms with Gasteiger partial charge < -0.3 is 5.32 Å². The van der Waals surface area contributed by atoms with Crippen molar-refractivity contribution >= 4 is 28.2 Å². The van der Waals surface area contributed by atoms with E-state index in [0.717, 1.165) is 21.6 Å². The second-order valence-electron chi connectivity index (χ2n) is 4.83. The zero-order valence-electron chi connectivity index (χ0n) is 11.2. The average molecular weight is 283 g/mol. The number of rotatable bonds is 3. The molecule has 0 spiro atoms. The summed E-state index contributed by atoms with van der Waals surface area (Å²) < 4.78 is 0. The summed E-state index contributed by atoms with van der Waals surface area (Å²) in [5.74, 6) is 0. The van der Waals surface area contributed by atoms with E-state index in [4.69, 9.17) is 11.6 Å². The second kappa shape index (κ2) is 5.51. The number of aromatic nitrogens is 1. The van der Waals surface area contributed by atoms with Gasteiger partial charge in [0.15, 0.2) is 0 Å². The van der Waals surface area contributed by atoms with E-state index < -0.39 is 0 Å². The summed E-state index contributed by atoms with van der Waals surface area (Å²) in [6.07, 6.45) is 1.81. The topological polar surface area (TPSA) is 24.9 Å². The summed E-state index contributed by atoms with van der Waals surface area (Å²) in [5, 5.41) is 5.40. The highest BCUT2D eigenvalue weighted by Crippen LogP contribution is 2.23. The molecule has 1 N–H and O–H groups in total. The minimum Gasteiger partial charge on any atom is -0.379 e. The fraction of sp³-hybridized carbons (Fsp3) is 0.118. The molecule has 0 bridgehead atoms. The number of nitrogens with one attached hydrogen (secondary N) is 1. The number of nitrogens with zero attached hydrogens (tertiary/aromatic N) is 1. The molecule has 0 aliphatic heterocycles. The van der Waals surface area contributed by atoms with Gasteiger partial charge >= 0.3 is 0 Å². The molecule has 3 heteroatoms. The minimum atomic E-state index is 0.224. The Morgan fingerprint density at radius 2 is 1.85 bits per heavy atom. The molecular formula is C17H15ClN2. The van der Waals surface area contributed by atoms with Crippen LogP contribution in [0.4, 0.5) is 5.69 Å². The molecule has 0 amide bonds. The highest BCUT2D eigenvalue weighted by Gasteiger charge is 2.05. The van der Waals surface area contributed by atoms with Crippen molar-refractivity contribution in [2.75, 3.05) is 5.32 Å². The first kappa shape index (κ1) is 12.9. The lowest BCUT2D eigenvalue weighted by molar-refractivity contribution is 0.885. The Hall–Kier alpha value is -2.06. The van der Waals surface area contributed by atoms with Gasteiger partial charge in [-0.1, -0.05) is 29.8 Å². The number of halogens is 1. The van der Waals surface area contributed by atoms with Crippen LogP contribution in [0.5, 0.6) is 0 Å². The molecule has 0 radical (unpaired) electrons. The van der Waals surface area contributed by atoms with Gasteiger partial charge in [-0.15, -0.1) is 0 Å². The van der Waals surface area contributed by atoms with Crippen LogP contribution in [-0.2, 0) is 0 Å². The van der Waals surface area contributed by atoms with E-state index >= 15 is 0 Å². The minimum absolute atomic E-state index is 0.224. The highest BCUT2D eigenvalue weighted by molar-refractivity contribution is 6.30. The monoisotopic (exact) mass is 282 g/mol. The van der Waals surface area contributed by atoms with Crippen LogP contribution in [0, 0.1) is 0 Å². The van der Waals surface area contributed by atoms with Gasteiger partial charge in [0.25, 0.3) is 0 Å². The van der Waals surface area contributed by atoms with Crippen molar-refractivity contribution in [2.45, 2.75) is 13.0 Å². The van der Waals surface area contributed by atoms with Crippen molar-refractivity contribution in [1.82, 2.24) is 4.98 Å². The standard InChI is InChI=1S/C17H15ClN2/c1-12(13-4-6-15(18)7-5-13)20-16-8-9-17-14(11-16)3-2-10-19-17/h2-12,20H,1H3. The second-order valence-corrected chi connectivity index (χ2v) is 5.26. The van der Waals surface area contributed by atoms with Crippen molar-refractivity contribution < 1.29 is 0 Å². The number of benzene rings is 2. The third-order valence-corrected chi connectivity index (χ3v) is 3.61. The zero-order valence-corrected chi connectivity index (χ0v) is 11.9. The lowest BCUT2D eigenvalue weighted by Gasteiger charge is -2.16. The van der Waals surface area contributed by atoms with E-state index in [1.54, 1.807) is 0 Å². The van der Waals surface area contributed by atoms with Crippen molar-refractivity contribution in [3.63, 3.8) is 0 Å². The summed E-state index contributed by atoms with van der Waals surface area (Å²) in [6.45, 7) is 2.14. The predicted molar refractivity (Wildman–Crippen MR) is 85.2 cm³/mol. The van der Waals surface area contributed by atoms with Gasteiger partial charge in [0.05, 0.1) is 5.52 Å². The van der Waals surface area contributed by atoms with Crippen molar-refractivity contribution in [2.24, 2.45) is 0 Å². The molecule has 1 unspecified atom stereocenters. The normalized spacial score (nSPS) is 12.3. The maximum Gasteiger partial charge on any atom is 0.0703 e. The molecule has 0 aliphatic rings. The first-order chi connectivity index (χ1) is 9.72. The Morgan fingerprint density at radius 1 is 1.05 bits per heavy atom. The molecule has 2 aromatic carbocycles. The van der Waals surface area contributed by atoms with Crippen LogP contribution >= 0.6 is 11.6 Å². The number of fused-ring (bicyclic) bond motifs is 1. The van der Waals surface area contributed by atoms with Crippen LogP contribution in [-0.4, -0.2) is 4.98 Å². The van der Waals surface area contributed by atoms with Gasteiger partial charge in [0.2, 0.25) is 0 Å². The van der Waals surface area contributed by atoms with Gasteiger partial charge in [0.1, 0.15) is 0 Å². The van der Waals surface area contributed by atoms with Crippen LogP contribution in [0.3, 0.4) is 0 Å². The van der Waals surface area contributed by atoms with Gasteiger partial charge in [0, 0.05) is 28.3 Å². The molecule has 0 saturated carbocycles. The summed E-state index contributed by atoms with van der Waals surface area (Å²) in [7, 11) is 0. The molecule has 3 aromatic rings. The van der Waals surface area contributed by atoms with E-state index in [1.807, 2.05) is 42.6 Å². The zero-order chi connectivity index (χ0) is 13.9. The van der Waals surface area contributed by atoms with E-state index in [-0.39, 0.29) is 6.04 Å². The number of pyridine rings is 1. The Balaban J connectivity index is 1.83. The van der Waals surface area contributed by atoms with Crippen molar-refractivity contribution in [1.29, 1.82) is 0 Å². The third-order valence-electron chi connectivity index (χ3n) is 3.36. The van der Waals surface area contributed by atoms with Crippen LogP contribution in [0.15, 0.2) is 60.8 Å². The number of hydrogen-bond acceptors (Lipinski definition) is 2. The summed E-state index contributed by atoms with van der Waals surface area (Å²) >= 11 is 5.91. The van der Waals surface area contributed by atoms with Crippen LogP contribution in [0.1, 0.15) is 18.5 Å². The quantitative estimate of drug-likeness (QED) is 0.726. The Kier molecular flexibility index (Phi) is 3.57. The molecule has 2 nitrogen and oxygen atoms in total. The molecule has 1 heterocycles. The van der Waals surface area contributed by atoms with Gasteiger partial charge in [-0.2, -0.15) is 0 Å². The number of anilines is 1. The van der Waals surface area contributed by atoms with Gasteiger partial charge in [-0.05, 0) is 48.9 Å². The van der Waals surface area contributed by atoms with E-state index in [9.17, 15) is 0 Å². The molecule has 100 valence electrons. The van der Waals surface area contributed by atoms with Crippen LogP contribution in [0.25, 0.3) is 10.9 Å². The van der Waals surface area contributed by atoms with Crippen LogP contribution < -0.4 is 5.32 Å². The first-order valence-corrected chi connectivity index (χ1v) is 6.97. The number of hydrogen-bond donors (Lipinski definition) is 1. The third kappa shape index (κ3) is 2.75. The predicted octanol–water partition coefficient (Wildman–Crippen LogP) is 5.06. The smallest absolute Gasteiger partial charge is 0.0703 e. The molecule has 3 rings (SSSR count). The molecule has 0 fully saturated rings. The van der Waals surface area contributed by atoms with Crippen molar-refractivity contribution in [3.8, 4) is 0 Å². The largest absolute Gasteiger partial charge is 0.379 e. The lowest BCUT2D eigenvalue weighted by Crippen LogP contribution is -2.06. The molecule has 0 aliphatic carbocycles. The van der Waals surface area contributed by atoms with E-state index in [1.165, 1.54) is 5.56 Å². The Bertz CT molecular complexity index is 722. The van der Waals surface area contributed by atoms with Crippen LogP contribution in [0.2, 0.25) is 5.02 Å². The Labute approximate surface area is 123 Å². The Morgan fingerprint density at radius 3 is 2.65 bits per heavy atom. The van der Waals surface area contributed by atoms with Gasteiger partial charge in [-0.25, -0.2) is 0 Å². The maximum atomic E-state index is 5.91. The molecule has 1 aromatic heterocycles. The molecule has 20 heavy (non-hydrogen) atoms. The molecule has 1 atom stereocenters. The SMILES string of the molecule is CC(Nc1ccc2ncccc2c1)c1ccc(Cl)cc1. The fourth-order valence-corrected chi connectivity index (χ4v) is 2.38. The fourth-order valence-electron chi connectivity index (χ4n) is 2.25. The first-order valence-electron chi connectivity index (χ1n) is 6.59. The summed E-state index contributed by atoms with van der Waals surface area (Å²) in [5.41, 5.74) is 3.31. The van der Waals surface area contributed by atoms with E-state index in [2.05, 4.69) is 35.4 Å².